The van der Waals surface area contributed by atoms with Crippen LogP contribution >= 0.6 is 11.6 Å². The van der Waals surface area contributed by atoms with Gasteiger partial charge in [-0.3, -0.25) is 4.79 Å². The standard InChI is InChI=1S/C22H19ClN4O/c23-17-7-5-15(6-8-17)12-25-21-10-9-18(14-26-21)27-22(28)11-16-13-24-20-4-2-1-3-19(16)20/h1-10,13-14,24H,11-12H2,(H,25,26)(H,27,28). The maximum Gasteiger partial charge on any atom is 0.228 e. The van der Waals surface area contributed by atoms with E-state index in [2.05, 4.69) is 20.6 Å². The van der Waals surface area contributed by atoms with Gasteiger partial charge < -0.3 is 15.6 Å². The Morgan fingerprint density at radius 3 is 2.64 bits per heavy atom. The molecule has 6 heteroatoms. The van der Waals surface area contributed by atoms with E-state index in [-0.39, 0.29) is 5.91 Å². The number of rotatable bonds is 6. The second-order valence-electron chi connectivity index (χ2n) is 6.50. The first-order valence-electron chi connectivity index (χ1n) is 8.96. The molecule has 1 amide bonds. The lowest BCUT2D eigenvalue weighted by Gasteiger charge is -2.08. The number of nitrogens with zero attached hydrogens (tertiary/aromatic N) is 1. The molecule has 2 aromatic carbocycles. The number of hydrogen-bond donors (Lipinski definition) is 3. The van der Waals surface area contributed by atoms with Crippen molar-refractivity contribution in [3.8, 4) is 0 Å². The molecule has 3 N–H and O–H groups in total. The van der Waals surface area contributed by atoms with Gasteiger partial charge in [0.05, 0.1) is 18.3 Å². The molecule has 0 aliphatic carbocycles. The Labute approximate surface area is 167 Å². The lowest BCUT2D eigenvalue weighted by molar-refractivity contribution is -0.115. The minimum atomic E-state index is -0.0755. The van der Waals surface area contributed by atoms with Crippen molar-refractivity contribution in [3.63, 3.8) is 0 Å². The van der Waals surface area contributed by atoms with Crippen molar-refractivity contribution < 1.29 is 4.79 Å². The number of hydrogen-bond acceptors (Lipinski definition) is 3. The van der Waals surface area contributed by atoms with Gasteiger partial charge in [0.2, 0.25) is 5.91 Å². The fourth-order valence-corrected chi connectivity index (χ4v) is 3.15. The quantitative estimate of drug-likeness (QED) is 0.433. The molecule has 4 aromatic rings. The molecule has 0 saturated heterocycles. The summed E-state index contributed by atoms with van der Waals surface area (Å²) in [7, 11) is 0. The minimum Gasteiger partial charge on any atom is -0.366 e. The Bertz CT molecular complexity index is 1090. The van der Waals surface area contributed by atoms with Gasteiger partial charge in [0.1, 0.15) is 5.82 Å². The van der Waals surface area contributed by atoms with Crippen molar-refractivity contribution in [2.45, 2.75) is 13.0 Å². The van der Waals surface area contributed by atoms with Gasteiger partial charge in [-0.2, -0.15) is 0 Å². The summed E-state index contributed by atoms with van der Waals surface area (Å²) in [5.74, 6) is 0.665. The maximum absolute atomic E-state index is 12.4. The summed E-state index contributed by atoms with van der Waals surface area (Å²) in [6.45, 7) is 0.649. The third-order valence-electron chi connectivity index (χ3n) is 4.46. The SMILES string of the molecule is O=C(Cc1c[nH]c2ccccc12)Nc1ccc(NCc2ccc(Cl)cc2)nc1. The lowest BCUT2D eigenvalue weighted by Crippen LogP contribution is -2.14. The number of para-hydroxylation sites is 1. The van der Waals surface area contributed by atoms with Gasteiger partial charge in [0.25, 0.3) is 0 Å². The van der Waals surface area contributed by atoms with Crippen LogP contribution in [0.3, 0.4) is 0 Å². The highest BCUT2D eigenvalue weighted by molar-refractivity contribution is 6.30. The summed E-state index contributed by atoms with van der Waals surface area (Å²) >= 11 is 5.89. The summed E-state index contributed by atoms with van der Waals surface area (Å²) in [5, 5.41) is 7.93. The molecule has 28 heavy (non-hydrogen) atoms. The highest BCUT2D eigenvalue weighted by Gasteiger charge is 2.09. The number of halogens is 1. The molecule has 0 aliphatic heterocycles. The first-order chi connectivity index (χ1) is 13.7. The normalized spacial score (nSPS) is 10.8. The monoisotopic (exact) mass is 390 g/mol. The zero-order chi connectivity index (χ0) is 19.3. The molecular formula is C22H19ClN4O. The molecule has 0 unspecified atom stereocenters. The largest absolute Gasteiger partial charge is 0.366 e. The fourth-order valence-electron chi connectivity index (χ4n) is 3.02. The van der Waals surface area contributed by atoms with Crippen LogP contribution in [0.15, 0.2) is 73.1 Å². The number of nitrogens with one attached hydrogen (secondary N) is 3. The van der Waals surface area contributed by atoms with Gasteiger partial charge in [0, 0.05) is 28.7 Å². The summed E-state index contributed by atoms with van der Waals surface area (Å²) < 4.78 is 0. The second-order valence-corrected chi connectivity index (χ2v) is 6.93. The van der Waals surface area contributed by atoms with E-state index in [1.807, 2.05) is 66.9 Å². The average Bonchev–Trinajstić information content (AvgIpc) is 3.11. The summed E-state index contributed by atoms with van der Waals surface area (Å²) in [6, 6.07) is 19.3. The van der Waals surface area contributed by atoms with E-state index in [9.17, 15) is 4.79 Å². The van der Waals surface area contributed by atoms with Gasteiger partial charge in [-0.25, -0.2) is 4.98 Å². The van der Waals surface area contributed by atoms with E-state index in [0.29, 0.717) is 18.7 Å². The van der Waals surface area contributed by atoms with E-state index in [1.165, 1.54) is 0 Å². The Morgan fingerprint density at radius 2 is 1.86 bits per heavy atom. The van der Waals surface area contributed by atoms with Crippen molar-refractivity contribution in [1.29, 1.82) is 0 Å². The predicted molar refractivity (Wildman–Crippen MR) is 114 cm³/mol. The molecule has 0 atom stereocenters. The third-order valence-corrected chi connectivity index (χ3v) is 4.71. The summed E-state index contributed by atoms with van der Waals surface area (Å²) in [4.78, 5) is 19.9. The molecule has 5 nitrogen and oxygen atoms in total. The Morgan fingerprint density at radius 1 is 1.04 bits per heavy atom. The maximum atomic E-state index is 12.4. The Balaban J connectivity index is 1.33. The van der Waals surface area contributed by atoms with E-state index in [0.717, 1.165) is 32.9 Å². The van der Waals surface area contributed by atoms with Crippen LogP contribution in [-0.2, 0) is 17.8 Å². The number of fused-ring (bicyclic) bond motifs is 1. The van der Waals surface area contributed by atoms with Gasteiger partial charge in [-0.05, 0) is 41.5 Å². The molecule has 0 saturated carbocycles. The Kier molecular flexibility index (Phi) is 5.26. The number of carbonyl (C=O) groups excluding carboxylic acids is 1. The average molecular weight is 391 g/mol. The van der Waals surface area contributed by atoms with Gasteiger partial charge >= 0.3 is 0 Å². The first-order valence-corrected chi connectivity index (χ1v) is 9.34. The van der Waals surface area contributed by atoms with Crippen molar-refractivity contribution in [1.82, 2.24) is 9.97 Å². The summed E-state index contributed by atoms with van der Waals surface area (Å²) in [6.07, 6.45) is 3.84. The van der Waals surface area contributed by atoms with Crippen molar-refractivity contribution in [2.24, 2.45) is 0 Å². The van der Waals surface area contributed by atoms with Crippen molar-refractivity contribution in [3.05, 3.63) is 89.2 Å². The zero-order valence-electron chi connectivity index (χ0n) is 15.1. The molecule has 0 aliphatic rings. The molecule has 0 radical (unpaired) electrons. The van der Waals surface area contributed by atoms with E-state index in [1.54, 1.807) is 6.20 Å². The molecule has 2 heterocycles. The van der Waals surface area contributed by atoms with Crippen molar-refractivity contribution in [2.75, 3.05) is 10.6 Å². The highest BCUT2D eigenvalue weighted by atomic mass is 35.5. The molecule has 4 rings (SSSR count). The summed E-state index contributed by atoms with van der Waals surface area (Å²) in [5.41, 5.74) is 3.79. The highest BCUT2D eigenvalue weighted by Crippen LogP contribution is 2.19. The second kappa shape index (κ2) is 8.15. The fraction of sp³-hybridized carbons (Fsp3) is 0.0909. The van der Waals surface area contributed by atoms with Crippen LogP contribution in [0.2, 0.25) is 5.02 Å². The smallest absolute Gasteiger partial charge is 0.228 e. The van der Waals surface area contributed by atoms with Crippen LogP contribution in [0.5, 0.6) is 0 Å². The first kappa shape index (κ1) is 18.1. The third kappa shape index (κ3) is 4.32. The van der Waals surface area contributed by atoms with Crippen LogP contribution in [0.4, 0.5) is 11.5 Å². The molecule has 140 valence electrons. The zero-order valence-corrected chi connectivity index (χ0v) is 15.8. The number of H-pyrrole nitrogens is 1. The van der Waals surface area contributed by atoms with E-state index < -0.39 is 0 Å². The van der Waals surface area contributed by atoms with Crippen LogP contribution < -0.4 is 10.6 Å². The lowest BCUT2D eigenvalue weighted by atomic mass is 10.1. The topological polar surface area (TPSA) is 69.8 Å². The molecule has 2 aromatic heterocycles. The molecular weight excluding hydrogens is 372 g/mol. The van der Waals surface area contributed by atoms with Crippen LogP contribution in [0.1, 0.15) is 11.1 Å². The number of aromatic nitrogens is 2. The van der Waals surface area contributed by atoms with Crippen LogP contribution in [0.25, 0.3) is 10.9 Å². The molecule has 0 fully saturated rings. The van der Waals surface area contributed by atoms with Crippen LogP contribution in [0, 0.1) is 0 Å². The number of pyridine rings is 1. The molecule has 0 bridgehead atoms. The van der Waals surface area contributed by atoms with Crippen LogP contribution in [-0.4, -0.2) is 15.9 Å². The number of amides is 1. The van der Waals surface area contributed by atoms with Gasteiger partial charge in [-0.1, -0.05) is 41.9 Å². The predicted octanol–water partition coefficient (Wildman–Crippen LogP) is 5.01. The van der Waals surface area contributed by atoms with Gasteiger partial charge in [0.15, 0.2) is 0 Å². The number of anilines is 2. The minimum absolute atomic E-state index is 0.0755. The van der Waals surface area contributed by atoms with Crippen molar-refractivity contribution >= 4 is 39.9 Å². The van der Waals surface area contributed by atoms with Gasteiger partial charge in [-0.15, -0.1) is 0 Å². The van der Waals surface area contributed by atoms with E-state index in [4.69, 9.17) is 11.6 Å². The number of aromatic amines is 1. The number of benzene rings is 2. The number of carbonyl (C=O) groups is 1. The molecule has 0 spiro atoms. The van der Waals surface area contributed by atoms with E-state index >= 15 is 0 Å². The Hall–Kier alpha value is -3.31.